The van der Waals surface area contributed by atoms with Crippen molar-refractivity contribution < 1.29 is 5.11 Å². The molecule has 0 aromatic carbocycles. The Labute approximate surface area is 98.2 Å². The molecule has 16 heavy (non-hydrogen) atoms. The van der Waals surface area contributed by atoms with Gasteiger partial charge in [-0.2, -0.15) is 0 Å². The van der Waals surface area contributed by atoms with E-state index in [1.54, 1.807) is 0 Å². The Bertz CT molecular complexity index is 238. The van der Waals surface area contributed by atoms with Crippen LogP contribution in [0.5, 0.6) is 0 Å². The number of hydrogen-bond acceptors (Lipinski definition) is 3. The van der Waals surface area contributed by atoms with E-state index < -0.39 is 0 Å². The van der Waals surface area contributed by atoms with E-state index in [2.05, 4.69) is 10.2 Å². The molecule has 3 aliphatic rings. The maximum absolute atomic E-state index is 9.93. The van der Waals surface area contributed by atoms with Crippen molar-refractivity contribution in [2.45, 2.75) is 44.2 Å². The van der Waals surface area contributed by atoms with Crippen LogP contribution in [0.2, 0.25) is 0 Å². The molecule has 4 atom stereocenters. The fourth-order valence-corrected chi connectivity index (χ4v) is 3.94. The molecular weight excluding hydrogens is 200 g/mol. The van der Waals surface area contributed by atoms with E-state index in [9.17, 15) is 5.11 Å². The molecule has 0 aromatic rings. The summed E-state index contributed by atoms with van der Waals surface area (Å²) in [6.45, 7) is 4.79. The zero-order valence-electron chi connectivity index (χ0n) is 10.1. The van der Waals surface area contributed by atoms with Gasteiger partial charge in [-0.1, -0.05) is 0 Å². The highest BCUT2D eigenvalue weighted by Crippen LogP contribution is 2.39. The van der Waals surface area contributed by atoms with E-state index in [1.807, 2.05) is 0 Å². The first-order valence-corrected chi connectivity index (χ1v) is 6.97. The molecule has 2 N–H and O–H groups in total. The largest absolute Gasteiger partial charge is 0.393 e. The van der Waals surface area contributed by atoms with Gasteiger partial charge in [-0.05, 0) is 51.1 Å². The Morgan fingerprint density at radius 2 is 1.94 bits per heavy atom. The quantitative estimate of drug-likeness (QED) is 0.692. The second kappa shape index (κ2) is 4.63. The van der Waals surface area contributed by atoms with Crippen molar-refractivity contribution in [2.75, 3.05) is 26.2 Å². The maximum Gasteiger partial charge on any atom is 0.0583 e. The van der Waals surface area contributed by atoms with Crippen molar-refractivity contribution in [1.29, 1.82) is 0 Å². The van der Waals surface area contributed by atoms with E-state index in [1.165, 1.54) is 45.3 Å². The van der Waals surface area contributed by atoms with E-state index in [0.717, 1.165) is 24.9 Å². The smallest absolute Gasteiger partial charge is 0.0583 e. The number of hydrogen-bond donors (Lipinski definition) is 2. The summed E-state index contributed by atoms with van der Waals surface area (Å²) in [5, 5.41) is 13.4. The molecule has 1 saturated carbocycles. The van der Waals surface area contributed by atoms with Gasteiger partial charge >= 0.3 is 0 Å². The Balaban J connectivity index is 1.60. The van der Waals surface area contributed by atoms with Crippen LogP contribution in [-0.2, 0) is 0 Å². The number of nitrogens with one attached hydrogen (secondary N) is 1. The van der Waals surface area contributed by atoms with Gasteiger partial charge in [0.25, 0.3) is 0 Å². The third-order valence-electron chi connectivity index (χ3n) is 4.91. The normalized spacial score (nSPS) is 45.6. The highest BCUT2D eigenvalue weighted by molar-refractivity contribution is 4.95. The SMILES string of the molecule is OC1CCC2CN(C3CCCNCC3)CC12. The minimum atomic E-state index is -0.00102. The average Bonchev–Trinajstić information content (AvgIpc) is 2.72. The van der Waals surface area contributed by atoms with Gasteiger partial charge in [0.2, 0.25) is 0 Å². The lowest BCUT2D eigenvalue weighted by Gasteiger charge is -2.27. The first-order chi connectivity index (χ1) is 7.84. The third-order valence-corrected chi connectivity index (χ3v) is 4.91. The van der Waals surface area contributed by atoms with Crippen molar-refractivity contribution in [2.24, 2.45) is 11.8 Å². The molecule has 0 bridgehead atoms. The standard InChI is InChI=1S/C13H24N2O/c16-13-4-3-10-8-15(9-12(10)13)11-2-1-6-14-7-5-11/h10-14,16H,1-9H2. The monoisotopic (exact) mass is 224 g/mol. The number of rotatable bonds is 1. The number of nitrogens with zero attached hydrogens (tertiary/aromatic N) is 1. The summed E-state index contributed by atoms with van der Waals surface area (Å²) in [6.07, 6.45) is 6.28. The lowest BCUT2D eigenvalue weighted by molar-refractivity contribution is 0.116. The minimum Gasteiger partial charge on any atom is -0.393 e. The van der Waals surface area contributed by atoms with Gasteiger partial charge in [0, 0.05) is 25.0 Å². The molecule has 3 nitrogen and oxygen atoms in total. The van der Waals surface area contributed by atoms with Crippen LogP contribution in [-0.4, -0.2) is 48.3 Å². The Hall–Kier alpha value is -0.120. The average molecular weight is 224 g/mol. The van der Waals surface area contributed by atoms with Crippen LogP contribution in [0.4, 0.5) is 0 Å². The van der Waals surface area contributed by atoms with E-state index in [0.29, 0.717) is 5.92 Å². The number of likely N-dealkylation sites (tertiary alicyclic amines) is 1. The van der Waals surface area contributed by atoms with Gasteiger partial charge in [-0.15, -0.1) is 0 Å². The lowest BCUT2D eigenvalue weighted by Crippen LogP contribution is -2.35. The second-order valence-electron chi connectivity index (χ2n) is 5.86. The highest BCUT2D eigenvalue weighted by atomic mass is 16.3. The molecule has 0 aromatic heterocycles. The van der Waals surface area contributed by atoms with Gasteiger partial charge < -0.3 is 10.4 Å². The molecule has 0 spiro atoms. The molecule has 2 saturated heterocycles. The van der Waals surface area contributed by atoms with Crippen LogP contribution in [0, 0.1) is 11.8 Å². The third kappa shape index (κ3) is 2.01. The van der Waals surface area contributed by atoms with Crippen molar-refractivity contribution in [3.05, 3.63) is 0 Å². The van der Waals surface area contributed by atoms with Gasteiger partial charge in [-0.25, -0.2) is 0 Å². The van der Waals surface area contributed by atoms with E-state index in [4.69, 9.17) is 0 Å². The van der Waals surface area contributed by atoms with Crippen molar-refractivity contribution in [3.63, 3.8) is 0 Å². The van der Waals surface area contributed by atoms with Gasteiger partial charge in [0.1, 0.15) is 0 Å². The molecule has 4 unspecified atom stereocenters. The first kappa shape index (κ1) is 11.0. The maximum atomic E-state index is 9.93. The van der Waals surface area contributed by atoms with Gasteiger partial charge in [-0.3, -0.25) is 4.90 Å². The van der Waals surface area contributed by atoms with E-state index in [-0.39, 0.29) is 6.10 Å². The van der Waals surface area contributed by atoms with Crippen LogP contribution >= 0.6 is 0 Å². The molecule has 2 aliphatic heterocycles. The fourth-order valence-electron chi connectivity index (χ4n) is 3.94. The molecular formula is C13H24N2O. The van der Waals surface area contributed by atoms with Crippen molar-refractivity contribution in [3.8, 4) is 0 Å². The molecule has 0 radical (unpaired) electrons. The van der Waals surface area contributed by atoms with Gasteiger partial charge in [0.15, 0.2) is 0 Å². The molecule has 2 heterocycles. The predicted octanol–water partition coefficient (Wildman–Crippen LogP) is 0.831. The number of aliphatic hydroxyl groups is 1. The highest BCUT2D eigenvalue weighted by Gasteiger charge is 2.43. The molecule has 1 aliphatic carbocycles. The van der Waals surface area contributed by atoms with Crippen molar-refractivity contribution >= 4 is 0 Å². The Morgan fingerprint density at radius 1 is 1.00 bits per heavy atom. The molecule has 0 amide bonds. The number of aliphatic hydroxyl groups excluding tert-OH is 1. The summed E-state index contributed by atoms with van der Waals surface area (Å²) in [4.78, 5) is 2.67. The molecule has 3 heteroatoms. The van der Waals surface area contributed by atoms with Crippen molar-refractivity contribution in [1.82, 2.24) is 10.2 Å². The summed E-state index contributed by atoms with van der Waals surface area (Å²) in [5.74, 6) is 1.39. The zero-order valence-corrected chi connectivity index (χ0v) is 10.1. The summed E-state index contributed by atoms with van der Waals surface area (Å²) >= 11 is 0. The first-order valence-electron chi connectivity index (χ1n) is 6.97. The van der Waals surface area contributed by atoms with Crippen LogP contribution in [0.3, 0.4) is 0 Å². The molecule has 92 valence electrons. The summed E-state index contributed by atoms with van der Waals surface area (Å²) in [5.41, 5.74) is 0. The van der Waals surface area contributed by atoms with E-state index >= 15 is 0 Å². The van der Waals surface area contributed by atoms with Gasteiger partial charge in [0.05, 0.1) is 6.10 Å². The molecule has 3 rings (SSSR count). The summed E-state index contributed by atoms with van der Waals surface area (Å²) < 4.78 is 0. The Kier molecular flexibility index (Phi) is 3.18. The summed E-state index contributed by atoms with van der Waals surface area (Å²) in [7, 11) is 0. The number of fused-ring (bicyclic) bond motifs is 1. The minimum absolute atomic E-state index is 0.00102. The van der Waals surface area contributed by atoms with Crippen LogP contribution < -0.4 is 5.32 Å². The summed E-state index contributed by atoms with van der Waals surface area (Å²) in [6, 6.07) is 0.785. The predicted molar refractivity (Wildman–Crippen MR) is 64.3 cm³/mol. The van der Waals surface area contributed by atoms with Crippen LogP contribution in [0.1, 0.15) is 32.1 Å². The Morgan fingerprint density at radius 3 is 2.81 bits per heavy atom. The second-order valence-corrected chi connectivity index (χ2v) is 5.86. The van der Waals surface area contributed by atoms with Crippen LogP contribution in [0.25, 0.3) is 0 Å². The lowest BCUT2D eigenvalue weighted by atomic mass is 10.00. The molecule has 3 fully saturated rings. The fraction of sp³-hybridized carbons (Fsp3) is 1.00. The topological polar surface area (TPSA) is 35.5 Å². The zero-order chi connectivity index (χ0) is 11.0. The van der Waals surface area contributed by atoms with Crippen LogP contribution in [0.15, 0.2) is 0 Å².